The number of hydrogen-bond donors (Lipinski definition) is 0. The van der Waals surface area contributed by atoms with Gasteiger partial charge in [0.25, 0.3) is 0 Å². The Labute approximate surface area is 118 Å². The van der Waals surface area contributed by atoms with Gasteiger partial charge in [0, 0.05) is 10.8 Å². The molecule has 0 spiro atoms. The maximum atomic E-state index is 11.3. The van der Waals surface area contributed by atoms with E-state index in [9.17, 15) is 10.1 Å². The molecular formula is C13H8ClN3O3. The van der Waals surface area contributed by atoms with Crippen molar-refractivity contribution in [2.24, 2.45) is 0 Å². The van der Waals surface area contributed by atoms with Gasteiger partial charge in [0.15, 0.2) is 5.75 Å². The number of methoxy groups -OCH3 is 1. The molecule has 1 heterocycles. The third-order valence-electron chi connectivity index (χ3n) is 3.09. The van der Waals surface area contributed by atoms with Crippen LogP contribution in [0.1, 0.15) is 0 Å². The number of nitro groups is 1. The number of hydrogen-bond acceptors (Lipinski definition) is 5. The molecule has 20 heavy (non-hydrogen) atoms. The number of rotatable bonds is 2. The Bertz CT molecular complexity index is 851. The maximum absolute atomic E-state index is 11.3. The summed E-state index contributed by atoms with van der Waals surface area (Å²) in [5.41, 5.74) is 0.545. The summed E-state index contributed by atoms with van der Waals surface area (Å²) in [4.78, 5) is 18.8. The Kier molecular flexibility index (Phi) is 2.87. The van der Waals surface area contributed by atoms with Crippen LogP contribution in [0.5, 0.6) is 5.75 Å². The lowest BCUT2D eigenvalue weighted by Gasteiger charge is -2.07. The summed E-state index contributed by atoms with van der Waals surface area (Å²) >= 11 is 6.09. The summed E-state index contributed by atoms with van der Waals surface area (Å²) in [6.07, 6.45) is 1.36. The minimum Gasteiger partial charge on any atom is -0.490 e. The number of aromatic nitrogens is 2. The molecule has 3 aromatic rings. The van der Waals surface area contributed by atoms with Crippen molar-refractivity contribution in [3.63, 3.8) is 0 Å². The van der Waals surface area contributed by atoms with E-state index in [2.05, 4.69) is 9.97 Å². The van der Waals surface area contributed by atoms with E-state index in [1.165, 1.54) is 13.4 Å². The van der Waals surface area contributed by atoms with E-state index in [0.717, 1.165) is 0 Å². The second-order valence-electron chi connectivity index (χ2n) is 4.09. The molecule has 0 aliphatic carbocycles. The van der Waals surface area contributed by atoms with Gasteiger partial charge >= 0.3 is 5.69 Å². The zero-order valence-electron chi connectivity index (χ0n) is 10.3. The first-order chi connectivity index (χ1) is 9.63. The molecule has 0 N–H and O–H groups in total. The van der Waals surface area contributed by atoms with Crippen molar-refractivity contribution in [2.75, 3.05) is 7.11 Å². The highest BCUT2D eigenvalue weighted by atomic mass is 35.5. The molecule has 6 nitrogen and oxygen atoms in total. The van der Waals surface area contributed by atoms with Crippen LogP contribution in [0.4, 0.5) is 5.69 Å². The fourth-order valence-electron chi connectivity index (χ4n) is 2.24. The lowest BCUT2D eigenvalue weighted by molar-refractivity contribution is -0.383. The van der Waals surface area contributed by atoms with Gasteiger partial charge in [-0.15, -0.1) is 0 Å². The van der Waals surface area contributed by atoms with Crippen LogP contribution in [0.3, 0.4) is 0 Å². The number of ether oxygens (including phenoxy) is 1. The number of benzene rings is 2. The molecule has 0 fully saturated rings. The van der Waals surface area contributed by atoms with Gasteiger partial charge in [-0.3, -0.25) is 10.1 Å². The van der Waals surface area contributed by atoms with E-state index in [4.69, 9.17) is 16.3 Å². The van der Waals surface area contributed by atoms with Crippen molar-refractivity contribution in [3.8, 4) is 5.75 Å². The Morgan fingerprint density at radius 2 is 1.95 bits per heavy atom. The molecule has 0 saturated heterocycles. The SMILES string of the molecule is COc1ccc2c(ccc3ncnc(Cl)c32)c1[N+](=O)[O-]. The minimum absolute atomic E-state index is 0.0909. The highest BCUT2D eigenvalue weighted by Gasteiger charge is 2.21. The summed E-state index contributed by atoms with van der Waals surface area (Å²) in [5.74, 6) is 0.204. The van der Waals surface area contributed by atoms with Crippen molar-refractivity contribution in [1.82, 2.24) is 9.97 Å². The molecule has 0 unspecified atom stereocenters. The number of fused-ring (bicyclic) bond motifs is 3. The van der Waals surface area contributed by atoms with Crippen LogP contribution in [-0.4, -0.2) is 22.0 Å². The van der Waals surface area contributed by atoms with Gasteiger partial charge in [0.2, 0.25) is 0 Å². The van der Waals surface area contributed by atoms with Gasteiger partial charge < -0.3 is 4.74 Å². The first-order valence-corrected chi connectivity index (χ1v) is 6.05. The molecule has 0 saturated carbocycles. The maximum Gasteiger partial charge on any atom is 0.318 e. The molecule has 2 aromatic carbocycles. The quantitative estimate of drug-likeness (QED) is 0.313. The van der Waals surface area contributed by atoms with E-state index in [-0.39, 0.29) is 16.6 Å². The van der Waals surface area contributed by atoms with Crippen LogP contribution in [0, 0.1) is 10.1 Å². The van der Waals surface area contributed by atoms with E-state index < -0.39 is 4.92 Å². The first kappa shape index (κ1) is 12.6. The molecule has 0 amide bonds. The van der Waals surface area contributed by atoms with Crippen molar-refractivity contribution in [2.45, 2.75) is 0 Å². The molecule has 3 rings (SSSR count). The van der Waals surface area contributed by atoms with Gasteiger partial charge in [-0.25, -0.2) is 9.97 Å². The third-order valence-corrected chi connectivity index (χ3v) is 3.38. The molecule has 0 bridgehead atoms. The Balaban J connectivity index is 2.54. The lowest BCUT2D eigenvalue weighted by Crippen LogP contribution is -1.95. The second kappa shape index (κ2) is 4.57. The van der Waals surface area contributed by atoms with Crippen molar-refractivity contribution in [3.05, 3.63) is 45.9 Å². The Morgan fingerprint density at radius 3 is 2.65 bits per heavy atom. The van der Waals surface area contributed by atoms with Crippen molar-refractivity contribution >= 4 is 39.0 Å². The van der Waals surface area contributed by atoms with E-state index >= 15 is 0 Å². The van der Waals surface area contributed by atoms with Crippen LogP contribution in [0.25, 0.3) is 21.7 Å². The summed E-state index contributed by atoms with van der Waals surface area (Å²) in [6, 6.07) is 6.58. The average Bonchev–Trinajstić information content (AvgIpc) is 2.45. The van der Waals surface area contributed by atoms with Gasteiger partial charge in [0.1, 0.15) is 11.5 Å². The van der Waals surface area contributed by atoms with Crippen LogP contribution in [0.2, 0.25) is 5.15 Å². The van der Waals surface area contributed by atoms with Crippen LogP contribution in [0.15, 0.2) is 30.6 Å². The topological polar surface area (TPSA) is 78.2 Å². The fraction of sp³-hybridized carbons (Fsp3) is 0.0769. The summed E-state index contributed by atoms with van der Waals surface area (Å²) in [6.45, 7) is 0. The van der Waals surface area contributed by atoms with Crippen LogP contribution in [-0.2, 0) is 0 Å². The normalized spacial score (nSPS) is 10.9. The minimum atomic E-state index is -0.468. The predicted molar refractivity (Wildman–Crippen MR) is 75.3 cm³/mol. The molecule has 1 aromatic heterocycles. The molecule has 0 atom stereocenters. The number of nitro benzene ring substituents is 1. The number of halogens is 1. The predicted octanol–water partition coefficient (Wildman–Crippen LogP) is 3.35. The van der Waals surface area contributed by atoms with Crippen LogP contribution < -0.4 is 4.74 Å². The highest BCUT2D eigenvalue weighted by molar-refractivity contribution is 6.36. The number of nitrogens with zero attached hydrogens (tertiary/aromatic N) is 3. The zero-order valence-corrected chi connectivity index (χ0v) is 11.1. The smallest absolute Gasteiger partial charge is 0.318 e. The van der Waals surface area contributed by atoms with Crippen molar-refractivity contribution in [1.29, 1.82) is 0 Å². The van der Waals surface area contributed by atoms with E-state index in [0.29, 0.717) is 21.7 Å². The molecule has 0 aliphatic rings. The molecule has 7 heteroatoms. The second-order valence-corrected chi connectivity index (χ2v) is 4.45. The fourth-order valence-corrected chi connectivity index (χ4v) is 2.48. The highest BCUT2D eigenvalue weighted by Crippen LogP contribution is 2.39. The molecular weight excluding hydrogens is 282 g/mol. The van der Waals surface area contributed by atoms with E-state index in [1.807, 2.05) is 0 Å². The lowest BCUT2D eigenvalue weighted by atomic mass is 10.0. The monoisotopic (exact) mass is 289 g/mol. The van der Waals surface area contributed by atoms with Gasteiger partial charge in [-0.1, -0.05) is 11.6 Å². The first-order valence-electron chi connectivity index (χ1n) is 5.68. The summed E-state index contributed by atoms with van der Waals surface area (Å²) in [7, 11) is 1.39. The average molecular weight is 290 g/mol. The van der Waals surface area contributed by atoms with Gasteiger partial charge in [-0.05, 0) is 24.3 Å². The zero-order chi connectivity index (χ0) is 14.3. The molecule has 0 aliphatic heterocycles. The van der Waals surface area contributed by atoms with Crippen molar-refractivity contribution < 1.29 is 9.66 Å². The van der Waals surface area contributed by atoms with E-state index in [1.54, 1.807) is 24.3 Å². The standard InChI is InChI=1S/C13H8ClN3O3/c1-20-10-5-3-7-8(12(10)17(18)19)2-4-9-11(7)13(14)16-6-15-9/h2-6H,1H3. The Morgan fingerprint density at radius 1 is 1.20 bits per heavy atom. The summed E-state index contributed by atoms with van der Waals surface area (Å²) < 4.78 is 5.05. The van der Waals surface area contributed by atoms with Crippen LogP contribution >= 0.6 is 11.6 Å². The largest absolute Gasteiger partial charge is 0.490 e. The summed E-state index contributed by atoms with van der Waals surface area (Å²) in [5, 5.41) is 13.2. The molecule has 0 radical (unpaired) electrons. The van der Waals surface area contributed by atoms with Gasteiger partial charge in [0.05, 0.1) is 22.9 Å². The Hall–Kier alpha value is -2.47. The molecule has 100 valence electrons. The van der Waals surface area contributed by atoms with Gasteiger partial charge in [-0.2, -0.15) is 0 Å². The third kappa shape index (κ3) is 1.73.